The monoisotopic (exact) mass is 295 g/mol. The van der Waals surface area contributed by atoms with Gasteiger partial charge in [-0.15, -0.1) is 0 Å². The lowest BCUT2D eigenvalue weighted by Gasteiger charge is -2.16. The van der Waals surface area contributed by atoms with Crippen LogP contribution in [0.2, 0.25) is 0 Å². The third-order valence-electron chi connectivity index (χ3n) is 3.59. The van der Waals surface area contributed by atoms with Crippen LogP contribution < -0.4 is 17.0 Å². The number of hydrazine groups is 1. The van der Waals surface area contributed by atoms with Crippen molar-refractivity contribution in [3.05, 3.63) is 6.33 Å². The molecular formula is C11H17N7O3. The van der Waals surface area contributed by atoms with Crippen molar-refractivity contribution in [3.8, 4) is 0 Å². The van der Waals surface area contributed by atoms with Gasteiger partial charge in [0.05, 0.1) is 12.4 Å². The van der Waals surface area contributed by atoms with E-state index in [1.807, 2.05) is 6.92 Å². The summed E-state index contributed by atoms with van der Waals surface area (Å²) in [5.41, 5.74) is 8.83. The Morgan fingerprint density at radius 3 is 2.76 bits per heavy atom. The molecule has 0 aromatic carbocycles. The number of ether oxygens (including phenoxy) is 1. The van der Waals surface area contributed by atoms with E-state index in [2.05, 4.69) is 20.4 Å². The molecule has 0 saturated carbocycles. The van der Waals surface area contributed by atoms with Crippen LogP contribution in [0.5, 0.6) is 0 Å². The van der Waals surface area contributed by atoms with Crippen LogP contribution in [-0.2, 0) is 4.74 Å². The summed E-state index contributed by atoms with van der Waals surface area (Å²) in [7, 11) is 0. The smallest absolute Gasteiger partial charge is 0.241 e. The predicted molar refractivity (Wildman–Crippen MR) is 73.8 cm³/mol. The molecule has 0 radical (unpaired) electrons. The Kier molecular flexibility index (Phi) is 3.37. The lowest BCUT2D eigenvalue weighted by atomic mass is 10.1. The van der Waals surface area contributed by atoms with Crippen molar-refractivity contribution in [1.82, 2.24) is 19.5 Å². The van der Waals surface area contributed by atoms with Gasteiger partial charge >= 0.3 is 0 Å². The first-order valence-corrected chi connectivity index (χ1v) is 6.55. The number of aromatic nitrogens is 4. The van der Waals surface area contributed by atoms with Crippen LogP contribution in [0.1, 0.15) is 19.6 Å². The first-order chi connectivity index (χ1) is 10.1. The summed E-state index contributed by atoms with van der Waals surface area (Å²) in [6, 6.07) is 0. The molecule has 0 spiro atoms. The summed E-state index contributed by atoms with van der Waals surface area (Å²) < 4.78 is 7.18. The van der Waals surface area contributed by atoms with Crippen molar-refractivity contribution < 1.29 is 14.9 Å². The number of nitrogens with one attached hydrogen (secondary N) is 1. The van der Waals surface area contributed by atoms with Crippen molar-refractivity contribution in [3.63, 3.8) is 0 Å². The number of fused-ring (bicyclic) bond motifs is 1. The van der Waals surface area contributed by atoms with Crippen molar-refractivity contribution in [2.24, 2.45) is 5.84 Å². The molecule has 2 aromatic heterocycles. The molecule has 1 aliphatic heterocycles. The highest BCUT2D eigenvalue weighted by Crippen LogP contribution is 2.33. The second-order valence-corrected chi connectivity index (χ2v) is 4.86. The highest BCUT2D eigenvalue weighted by molar-refractivity contribution is 5.82. The fourth-order valence-electron chi connectivity index (χ4n) is 2.49. The van der Waals surface area contributed by atoms with Gasteiger partial charge in [-0.05, 0) is 6.42 Å². The van der Waals surface area contributed by atoms with Gasteiger partial charge in [0.15, 0.2) is 17.7 Å². The summed E-state index contributed by atoms with van der Waals surface area (Å²) in [6.07, 6.45) is -1.28. The van der Waals surface area contributed by atoms with Gasteiger partial charge in [-0.2, -0.15) is 9.97 Å². The largest absolute Gasteiger partial charge is 0.388 e. The van der Waals surface area contributed by atoms with E-state index in [1.54, 1.807) is 0 Å². The minimum Gasteiger partial charge on any atom is -0.388 e. The van der Waals surface area contributed by atoms with E-state index in [0.29, 0.717) is 17.6 Å². The van der Waals surface area contributed by atoms with Crippen molar-refractivity contribution in [2.75, 3.05) is 11.2 Å². The van der Waals surface area contributed by atoms with Gasteiger partial charge in [-0.3, -0.25) is 9.99 Å². The number of imidazole rings is 1. The Hall–Kier alpha value is -2.01. The first kappa shape index (κ1) is 13.9. The van der Waals surface area contributed by atoms with E-state index in [1.165, 1.54) is 10.9 Å². The molecule has 1 saturated heterocycles. The molecule has 0 aliphatic carbocycles. The number of aliphatic hydroxyl groups is 2. The molecule has 1 aliphatic rings. The lowest BCUT2D eigenvalue weighted by molar-refractivity contribution is -0.0355. The number of hydrogen-bond acceptors (Lipinski definition) is 9. The second-order valence-electron chi connectivity index (χ2n) is 4.86. The van der Waals surface area contributed by atoms with Gasteiger partial charge in [-0.1, -0.05) is 6.92 Å². The maximum atomic E-state index is 10.1. The Morgan fingerprint density at radius 1 is 1.38 bits per heavy atom. The molecule has 10 nitrogen and oxygen atoms in total. The van der Waals surface area contributed by atoms with Crippen LogP contribution in [0.3, 0.4) is 0 Å². The van der Waals surface area contributed by atoms with Crippen LogP contribution in [0.25, 0.3) is 11.2 Å². The standard InChI is InChI=1S/C11H17N7O3/c1-2-4-6(19)7(20)10(21-4)18-3-14-5-8(12)15-11(17-13)16-9(5)18/h3-4,6-7,10,19-20H,2,13H2,1H3,(H3,12,15,16,17)/t4-,6-,7-,10?/m1/s1. The highest BCUT2D eigenvalue weighted by Gasteiger charge is 2.43. The summed E-state index contributed by atoms with van der Waals surface area (Å²) in [5, 5.41) is 20.1. The van der Waals surface area contributed by atoms with E-state index in [-0.39, 0.29) is 11.8 Å². The normalized spacial score (nSPS) is 29.1. The molecule has 10 heteroatoms. The molecule has 2 aromatic rings. The van der Waals surface area contributed by atoms with E-state index in [9.17, 15) is 10.2 Å². The molecule has 3 heterocycles. The van der Waals surface area contributed by atoms with Gasteiger partial charge in [0.2, 0.25) is 5.95 Å². The van der Waals surface area contributed by atoms with Crippen molar-refractivity contribution >= 4 is 22.9 Å². The van der Waals surface area contributed by atoms with Crippen LogP contribution in [-0.4, -0.2) is 48.0 Å². The molecule has 3 rings (SSSR count). The Morgan fingerprint density at radius 2 is 2.14 bits per heavy atom. The molecule has 0 amide bonds. The molecule has 1 unspecified atom stereocenters. The second kappa shape index (κ2) is 5.07. The molecular weight excluding hydrogens is 278 g/mol. The summed E-state index contributed by atoms with van der Waals surface area (Å²) >= 11 is 0. The Balaban J connectivity index is 2.07. The van der Waals surface area contributed by atoms with E-state index < -0.39 is 24.5 Å². The minimum atomic E-state index is -1.09. The maximum Gasteiger partial charge on any atom is 0.241 e. The fraction of sp³-hybridized carbons (Fsp3) is 0.545. The molecule has 4 atom stereocenters. The zero-order valence-corrected chi connectivity index (χ0v) is 11.3. The first-order valence-electron chi connectivity index (χ1n) is 6.55. The molecule has 114 valence electrons. The highest BCUT2D eigenvalue weighted by atomic mass is 16.6. The third kappa shape index (κ3) is 2.08. The quantitative estimate of drug-likeness (QED) is 0.343. The number of anilines is 2. The van der Waals surface area contributed by atoms with E-state index >= 15 is 0 Å². The zero-order valence-electron chi connectivity index (χ0n) is 11.3. The minimum absolute atomic E-state index is 0.127. The van der Waals surface area contributed by atoms with Gasteiger partial charge in [-0.25, -0.2) is 10.8 Å². The molecule has 0 bridgehead atoms. The number of nitrogens with two attached hydrogens (primary N) is 2. The number of aliphatic hydroxyl groups excluding tert-OH is 2. The predicted octanol–water partition coefficient (Wildman–Crippen LogP) is -1.28. The molecule has 1 fully saturated rings. The maximum absolute atomic E-state index is 10.1. The Bertz CT molecular complexity index is 661. The van der Waals surface area contributed by atoms with E-state index in [4.69, 9.17) is 16.3 Å². The Labute approximate surface area is 119 Å². The summed E-state index contributed by atoms with van der Waals surface area (Å²) in [5.74, 6) is 5.58. The number of nitrogen functional groups attached to an aromatic ring is 2. The van der Waals surface area contributed by atoms with Crippen molar-refractivity contribution in [1.29, 1.82) is 0 Å². The van der Waals surface area contributed by atoms with Crippen LogP contribution in [0, 0.1) is 0 Å². The average molecular weight is 295 g/mol. The van der Waals surface area contributed by atoms with Gasteiger partial charge < -0.3 is 20.7 Å². The van der Waals surface area contributed by atoms with Gasteiger partial charge in [0.25, 0.3) is 0 Å². The van der Waals surface area contributed by atoms with Crippen LogP contribution >= 0.6 is 0 Å². The zero-order chi connectivity index (χ0) is 15.1. The number of hydrogen-bond donors (Lipinski definition) is 5. The molecule has 7 N–H and O–H groups in total. The number of nitrogens with zero attached hydrogens (tertiary/aromatic N) is 4. The number of rotatable bonds is 3. The fourth-order valence-corrected chi connectivity index (χ4v) is 2.49. The lowest BCUT2D eigenvalue weighted by Crippen LogP contribution is -2.31. The van der Waals surface area contributed by atoms with Crippen LogP contribution in [0.15, 0.2) is 6.33 Å². The SMILES string of the molecule is CC[C@H]1OC(n2cnc3c(N)nc(NN)nc32)[C@H](O)[C@@H]1O. The third-order valence-corrected chi connectivity index (χ3v) is 3.59. The van der Waals surface area contributed by atoms with E-state index in [0.717, 1.165) is 0 Å². The van der Waals surface area contributed by atoms with Gasteiger partial charge in [0.1, 0.15) is 17.7 Å². The summed E-state index contributed by atoms with van der Waals surface area (Å²) in [6.45, 7) is 1.87. The van der Waals surface area contributed by atoms with Crippen molar-refractivity contribution in [2.45, 2.75) is 37.9 Å². The van der Waals surface area contributed by atoms with Crippen LogP contribution in [0.4, 0.5) is 11.8 Å². The topological polar surface area (TPSA) is 157 Å². The molecule has 21 heavy (non-hydrogen) atoms. The summed E-state index contributed by atoms with van der Waals surface area (Å²) in [4.78, 5) is 12.2. The average Bonchev–Trinajstić information content (AvgIpc) is 3.02. The van der Waals surface area contributed by atoms with Gasteiger partial charge in [0, 0.05) is 0 Å².